The summed E-state index contributed by atoms with van der Waals surface area (Å²) in [5.41, 5.74) is -0.345. The van der Waals surface area contributed by atoms with Gasteiger partial charge >= 0.3 is 5.97 Å². The van der Waals surface area contributed by atoms with Crippen LogP contribution in [0.15, 0.2) is 48.5 Å². The summed E-state index contributed by atoms with van der Waals surface area (Å²) in [6, 6.07) is 9.24. The minimum Gasteiger partial charge on any atom is -0.458 e. The van der Waals surface area contributed by atoms with Crippen LogP contribution in [0, 0.1) is 11.6 Å². The quantitative estimate of drug-likeness (QED) is 0.494. The van der Waals surface area contributed by atoms with Crippen LogP contribution in [0.3, 0.4) is 0 Å². The maximum atomic E-state index is 13.3. The molecular formula is C23H26F2N2O4. The van der Waals surface area contributed by atoms with Crippen LogP contribution in [-0.2, 0) is 14.3 Å². The van der Waals surface area contributed by atoms with Gasteiger partial charge in [0.05, 0.1) is 12.6 Å². The van der Waals surface area contributed by atoms with Crippen LogP contribution in [0.5, 0.6) is 0 Å². The lowest BCUT2D eigenvalue weighted by Gasteiger charge is -2.26. The molecule has 0 bridgehead atoms. The van der Waals surface area contributed by atoms with Gasteiger partial charge in [0.15, 0.2) is 11.8 Å². The summed E-state index contributed by atoms with van der Waals surface area (Å²) in [4.78, 5) is 37.5. The van der Waals surface area contributed by atoms with Gasteiger partial charge < -0.3 is 10.1 Å². The zero-order valence-electron chi connectivity index (χ0n) is 17.9. The standard InChI is InChI=1S/C23H26F2N2O4/c1-14(26-13-19(28)16-10-17(24)12-18(25)11-16)21(29)27-20(15-8-6-5-7-9-15)22(30)31-23(2,3)4/h5-12,14,20,26H,13H2,1-4H3,(H,27,29)/t14-,20-/m0/s1. The van der Waals surface area contributed by atoms with Gasteiger partial charge in [0.25, 0.3) is 0 Å². The second-order valence-electron chi connectivity index (χ2n) is 8.07. The predicted octanol–water partition coefficient (Wildman–Crippen LogP) is 3.32. The third-order valence-corrected chi connectivity index (χ3v) is 4.21. The second kappa shape index (κ2) is 10.3. The van der Waals surface area contributed by atoms with Gasteiger partial charge in [-0.3, -0.25) is 14.9 Å². The van der Waals surface area contributed by atoms with Crippen molar-refractivity contribution in [2.45, 2.75) is 45.4 Å². The lowest BCUT2D eigenvalue weighted by Crippen LogP contribution is -2.47. The number of amides is 1. The van der Waals surface area contributed by atoms with E-state index in [1.165, 1.54) is 6.92 Å². The van der Waals surface area contributed by atoms with Gasteiger partial charge in [-0.2, -0.15) is 0 Å². The maximum absolute atomic E-state index is 13.3. The SMILES string of the molecule is C[C@H](NCC(=O)c1cc(F)cc(F)c1)C(=O)N[C@H](C(=O)OC(C)(C)C)c1ccccc1. The molecule has 0 aromatic heterocycles. The van der Waals surface area contributed by atoms with Gasteiger partial charge in [0, 0.05) is 11.6 Å². The number of esters is 1. The fourth-order valence-corrected chi connectivity index (χ4v) is 2.71. The van der Waals surface area contributed by atoms with E-state index in [2.05, 4.69) is 10.6 Å². The third-order valence-electron chi connectivity index (χ3n) is 4.21. The van der Waals surface area contributed by atoms with Crippen molar-refractivity contribution in [2.75, 3.05) is 6.54 Å². The van der Waals surface area contributed by atoms with Crippen LogP contribution in [0.25, 0.3) is 0 Å². The second-order valence-corrected chi connectivity index (χ2v) is 8.07. The molecule has 0 unspecified atom stereocenters. The van der Waals surface area contributed by atoms with Crippen molar-refractivity contribution in [3.8, 4) is 0 Å². The largest absolute Gasteiger partial charge is 0.458 e. The summed E-state index contributed by atoms with van der Waals surface area (Å²) >= 11 is 0. The zero-order valence-corrected chi connectivity index (χ0v) is 17.9. The fraction of sp³-hybridized carbons (Fsp3) is 0.348. The summed E-state index contributed by atoms with van der Waals surface area (Å²) in [6.07, 6.45) is 0. The summed E-state index contributed by atoms with van der Waals surface area (Å²) < 4.78 is 32.0. The number of benzene rings is 2. The number of rotatable bonds is 8. The number of Topliss-reactive ketones (excluding diaryl/α,β-unsaturated/α-hetero) is 1. The van der Waals surface area contributed by atoms with Gasteiger partial charge in [-0.25, -0.2) is 13.6 Å². The first-order valence-electron chi connectivity index (χ1n) is 9.77. The number of nitrogens with one attached hydrogen (secondary N) is 2. The molecule has 2 aromatic carbocycles. The lowest BCUT2D eigenvalue weighted by molar-refractivity contribution is -0.159. The Morgan fingerprint density at radius 2 is 1.58 bits per heavy atom. The molecule has 0 saturated carbocycles. The third kappa shape index (κ3) is 7.57. The topological polar surface area (TPSA) is 84.5 Å². The van der Waals surface area contributed by atoms with Crippen LogP contribution < -0.4 is 10.6 Å². The molecule has 0 aliphatic rings. The van der Waals surface area contributed by atoms with E-state index in [4.69, 9.17) is 4.74 Å². The fourth-order valence-electron chi connectivity index (χ4n) is 2.71. The molecule has 0 aliphatic heterocycles. The van der Waals surface area contributed by atoms with Crippen molar-refractivity contribution in [2.24, 2.45) is 0 Å². The molecule has 6 nitrogen and oxygen atoms in total. The number of hydrogen-bond acceptors (Lipinski definition) is 5. The minimum atomic E-state index is -1.04. The summed E-state index contributed by atoms with van der Waals surface area (Å²) in [6.45, 7) is 6.35. The van der Waals surface area contributed by atoms with Crippen LogP contribution in [0.4, 0.5) is 8.78 Å². The average molecular weight is 432 g/mol. The Labute approximate surface area is 180 Å². The van der Waals surface area contributed by atoms with E-state index >= 15 is 0 Å². The van der Waals surface area contributed by atoms with E-state index in [0.717, 1.165) is 12.1 Å². The zero-order chi connectivity index (χ0) is 23.2. The Morgan fingerprint density at radius 3 is 2.13 bits per heavy atom. The van der Waals surface area contributed by atoms with Crippen molar-refractivity contribution < 1.29 is 27.9 Å². The molecule has 1 amide bonds. The molecule has 2 atom stereocenters. The Kier molecular flexibility index (Phi) is 7.99. The first-order chi connectivity index (χ1) is 14.5. The first kappa shape index (κ1) is 24.1. The molecule has 0 saturated heterocycles. The number of halogens is 2. The molecule has 2 N–H and O–H groups in total. The molecule has 2 aromatic rings. The van der Waals surface area contributed by atoms with E-state index in [1.54, 1.807) is 51.1 Å². The van der Waals surface area contributed by atoms with Crippen LogP contribution >= 0.6 is 0 Å². The van der Waals surface area contributed by atoms with Gasteiger partial charge in [-0.15, -0.1) is 0 Å². The van der Waals surface area contributed by atoms with Crippen molar-refractivity contribution in [3.05, 3.63) is 71.3 Å². The number of carbonyl (C=O) groups is 3. The molecular weight excluding hydrogens is 406 g/mol. The molecule has 0 fully saturated rings. The van der Waals surface area contributed by atoms with Gasteiger partial charge in [0.2, 0.25) is 5.91 Å². The Bertz CT molecular complexity index is 922. The molecule has 31 heavy (non-hydrogen) atoms. The molecule has 0 aliphatic carbocycles. The molecule has 0 heterocycles. The summed E-state index contributed by atoms with van der Waals surface area (Å²) in [5, 5.41) is 5.33. The monoisotopic (exact) mass is 432 g/mol. The normalized spacial score (nSPS) is 13.2. The predicted molar refractivity (Wildman–Crippen MR) is 111 cm³/mol. The van der Waals surface area contributed by atoms with E-state index in [-0.39, 0.29) is 12.1 Å². The highest BCUT2D eigenvalue weighted by atomic mass is 19.1. The van der Waals surface area contributed by atoms with Crippen molar-refractivity contribution in [3.63, 3.8) is 0 Å². The van der Waals surface area contributed by atoms with E-state index in [0.29, 0.717) is 11.6 Å². The smallest absolute Gasteiger partial charge is 0.333 e. The Balaban J connectivity index is 2.05. The highest BCUT2D eigenvalue weighted by molar-refractivity contribution is 5.98. The number of carbonyl (C=O) groups excluding carboxylic acids is 3. The summed E-state index contributed by atoms with van der Waals surface area (Å²) in [5.74, 6) is -3.47. The van der Waals surface area contributed by atoms with Crippen molar-refractivity contribution in [1.29, 1.82) is 0 Å². The van der Waals surface area contributed by atoms with Gasteiger partial charge in [-0.1, -0.05) is 30.3 Å². The Hall–Kier alpha value is -3.13. The van der Waals surface area contributed by atoms with Crippen LogP contribution in [0.2, 0.25) is 0 Å². The lowest BCUT2D eigenvalue weighted by atomic mass is 10.1. The molecule has 0 spiro atoms. The number of ketones is 1. The molecule has 0 radical (unpaired) electrons. The number of hydrogen-bond donors (Lipinski definition) is 2. The van der Waals surface area contributed by atoms with Gasteiger partial charge in [-0.05, 0) is 45.4 Å². The molecule has 2 rings (SSSR count). The molecule has 8 heteroatoms. The number of ether oxygens (including phenoxy) is 1. The van der Waals surface area contributed by atoms with E-state index in [9.17, 15) is 23.2 Å². The minimum absolute atomic E-state index is 0.145. The van der Waals surface area contributed by atoms with Gasteiger partial charge in [0.1, 0.15) is 17.2 Å². The Morgan fingerprint density at radius 1 is 1.00 bits per heavy atom. The van der Waals surface area contributed by atoms with Crippen LogP contribution in [0.1, 0.15) is 49.7 Å². The average Bonchev–Trinajstić information content (AvgIpc) is 2.68. The van der Waals surface area contributed by atoms with Crippen LogP contribution in [-0.4, -0.2) is 35.8 Å². The van der Waals surface area contributed by atoms with E-state index in [1.807, 2.05) is 0 Å². The maximum Gasteiger partial charge on any atom is 0.333 e. The van der Waals surface area contributed by atoms with Crippen molar-refractivity contribution in [1.82, 2.24) is 10.6 Å². The molecule has 166 valence electrons. The first-order valence-corrected chi connectivity index (χ1v) is 9.77. The van der Waals surface area contributed by atoms with E-state index < -0.39 is 47.0 Å². The van der Waals surface area contributed by atoms with Crippen molar-refractivity contribution >= 4 is 17.7 Å². The highest BCUT2D eigenvalue weighted by Crippen LogP contribution is 2.19. The summed E-state index contributed by atoms with van der Waals surface area (Å²) in [7, 11) is 0. The highest BCUT2D eigenvalue weighted by Gasteiger charge is 2.29.